The second-order valence-corrected chi connectivity index (χ2v) is 8.60. The number of amides is 2. The van der Waals surface area contributed by atoms with Gasteiger partial charge in [-0.05, 0) is 30.7 Å². The molecule has 184 valence electrons. The molecule has 37 heavy (non-hydrogen) atoms. The van der Waals surface area contributed by atoms with Crippen molar-refractivity contribution in [1.82, 2.24) is 9.97 Å². The van der Waals surface area contributed by atoms with Crippen LogP contribution < -0.4 is 10.6 Å². The molecule has 0 bridgehead atoms. The highest BCUT2D eigenvalue weighted by molar-refractivity contribution is 6.24. The number of hydrogen-bond acceptors (Lipinski definition) is 6. The van der Waals surface area contributed by atoms with Crippen LogP contribution in [0.4, 0.5) is 23.0 Å². The van der Waals surface area contributed by atoms with E-state index in [-0.39, 0.29) is 17.5 Å². The fourth-order valence-corrected chi connectivity index (χ4v) is 4.34. The van der Waals surface area contributed by atoms with Crippen LogP contribution >= 0.6 is 0 Å². The molecule has 0 saturated heterocycles. The van der Waals surface area contributed by atoms with Gasteiger partial charge in [-0.3, -0.25) is 30.0 Å². The van der Waals surface area contributed by atoms with Gasteiger partial charge in [0.1, 0.15) is 5.92 Å². The molecule has 10 heteroatoms. The number of aromatic nitrogens is 2. The largest absolute Gasteiger partial charge is 0.328 e. The van der Waals surface area contributed by atoms with E-state index >= 15 is 0 Å². The van der Waals surface area contributed by atoms with Gasteiger partial charge >= 0.3 is 0 Å². The first-order chi connectivity index (χ1) is 17.8. The van der Waals surface area contributed by atoms with Crippen LogP contribution in [-0.2, 0) is 9.59 Å². The number of rotatable bonds is 6. The zero-order valence-corrected chi connectivity index (χ0v) is 20.0. The van der Waals surface area contributed by atoms with Crippen molar-refractivity contribution in [2.45, 2.75) is 19.8 Å². The minimum absolute atomic E-state index is 0.0926. The molecule has 1 atom stereocenters. The summed E-state index contributed by atoms with van der Waals surface area (Å²) in [4.78, 5) is 47.7. The van der Waals surface area contributed by atoms with E-state index in [9.17, 15) is 19.7 Å². The monoisotopic (exact) mass is 494 g/mol. The highest BCUT2D eigenvalue weighted by Crippen LogP contribution is 2.38. The summed E-state index contributed by atoms with van der Waals surface area (Å²) in [5.74, 6) is -0.965. The van der Waals surface area contributed by atoms with Crippen LogP contribution in [0.1, 0.15) is 29.7 Å². The Balaban J connectivity index is 1.55. The van der Waals surface area contributed by atoms with Crippen molar-refractivity contribution in [1.29, 1.82) is 0 Å². The van der Waals surface area contributed by atoms with Crippen molar-refractivity contribution in [3.05, 3.63) is 99.7 Å². The first kappa shape index (κ1) is 23.6. The van der Waals surface area contributed by atoms with Gasteiger partial charge in [0.2, 0.25) is 17.8 Å². The van der Waals surface area contributed by atoms with Crippen LogP contribution in [-0.4, -0.2) is 32.4 Å². The Morgan fingerprint density at radius 3 is 2.49 bits per heavy atom. The maximum Gasteiger partial charge on any atom is 0.269 e. The lowest BCUT2D eigenvalue weighted by atomic mass is 9.90. The minimum Gasteiger partial charge on any atom is -0.328 e. The number of carbonyl (C=O) groups is 2. The van der Waals surface area contributed by atoms with Crippen LogP contribution in [0.5, 0.6) is 0 Å². The number of carbonyl (C=O) groups excluding carboxylic acids is 2. The zero-order valence-electron chi connectivity index (χ0n) is 20.0. The van der Waals surface area contributed by atoms with E-state index in [4.69, 9.17) is 4.99 Å². The number of nitro benzene ring substituents is 1. The lowest BCUT2D eigenvalue weighted by Crippen LogP contribution is -2.22. The highest BCUT2D eigenvalue weighted by atomic mass is 16.6. The lowest BCUT2D eigenvalue weighted by Gasteiger charge is -2.14. The number of aryl methyl sites for hydroxylation is 1. The predicted molar refractivity (Wildman–Crippen MR) is 140 cm³/mol. The third-order valence-electron chi connectivity index (χ3n) is 5.99. The maximum atomic E-state index is 13.1. The summed E-state index contributed by atoms with van der Waals surface area (Å²) in [6.07, 6.45) is 0. The number of anilines is 2. The Hall–Kier alpha value is -5.12. The Kier molecular flexibility index (Phi) is 6.06. The number of non-ortho nitro benzene ring substituents is 1. The van der Waals surface area contributed by atoms with Gasteiger partial charge in [0, 0.05) is 41.6 Å². The van der Waals surface area contributed by atoms with Gasteiger partial charge in [0.05, 0.1) is 22.0 Å². The molecule has 0 radical (unpaired) electrons. The number of aliphatic imine (C=N–C) groups is 1. The van der Waals surface area contributed by atoms with Crippen molar-refractivity contribution in [2.24, 2.45) is 4.99 Å². The number of fused-ring (bicyclic) bond motifs is 1. The van der Waals surface area contributed by atoms with Crippen LogP contribution in [0.15, 0.2) is 77.8 Å². The summed E-state index contributed by atoms with van der Waals surface area (Å²) in [6.45, 7) is 3.28. The molecule has 1 aromatic heterocycles. The Morgan fingerprint density at radius 2 is 1.81 bits per heavy atom. The lowest BCUT2D eigenvalue weighted by molar-refractivity contribution is -0.384. The van der Waals surface area contributed by atoms with Gasteiger partial charge in [-0.2, -0.15) is 0 Å². The molecular formula is C27H22N6O4. The average Bonchev–Trinajstić information content (AvgIpc) is 3.40. The fraction of sp³-hybridized carbons (Fsp3) is 0.111. The highest BCUT2D eigenvalue weighted by Gasteiger charge is 2.36. The maximum absolute atomic E-state index is 13.1. The molecular weight excluding hydrogens is 472 g/mol. The van der Waals surface area contributed by atoms with Gasteiger partial charge in [-0.15, -0.1) is 0 Å². The van der Waals surface area contributed by atoms with Crippen LogP contribution in [0.3, 0.4) is 0 Å². The summed E-state index contributed by atoms with van der Waals surface area (Å²) in [6, 6.07) is 20.9. The molecule has 0 saturated carbocycles. The third kappa shape index (κ3) is 4.72. The first-order valence-electron chi connectivity index (χ1n) is 11.5. The predicted octanol–water partition coefficient (Wildman–Crippen LogP) is 5.11. The zero-order chi connectivity index (χ0) is 26.1. The Bertz CT molecular complexity index is 1560. The van der Waals surface area contributed by atoms with E-state index in [2.05, 4.69) is 20.6 Å². The molecule has 1 unspecified atom stereocenters. The number of nitrogens with one attached hydrogen (secondary N) is 3. The van der Waals surface area contributed by atoms with Gasteiger partial charge < -0.3 is 10.3 Å². The molecule has 10 nitrogen and oxygen atoms in total. The molecule has 3 N–H and O–H groups in total. The normalized spacial score (nSPS) is 14.7. The number of nitro groups is 1. The number of aromatic amines is 1. The van der Waals surface area contributed by atoms with Crippen molar-refractivity contribution in [2.75, 3.05) is 10.6 Å². The molecule has 5 rings (SSSR count). The Morgan fingerprint density at radius 1 is 1.08 bits per heavy atom. The van der Waals surface area contributed by atoms with E-state index in [1.807, 2.05) is 61.5 Å². The van der Waals surface area contributed by atoms with E-state index < -0.39 is 10.8 Å². The molecule has 1 aliphatic rings. The van der Waals surface area contributed by atoms with Crippen molar-refractivity contribution < 1.29 is 14.5 Å². The second-order valence-electron chi connectivity index (χ2n) is 8.60. The summed E-state index contributed by atoms with van der Waals surface area (Å²) < 4.78 is 0. The second kappa shape index (κ2) is 9.50. The molecule has 1 aliphatic heterocycles. The summed E-state index contributed by atoms with van der Waals surface area (Å²) in [5.41, 5.74) is 5.08. The Labute approximate surface area is 211 Å². The van der Waals surface area contributed by atoms with Crippen LogP contribution in [0.2, 0.25) is 0 Å². The van der Waals surface area contributed by atoms with Crippen molar-refractivity contribution >= 4 is 40.5 Å². The standard InChI is InChI=1S/C27H22N6O4/c1-15-24(32-27(28-15)29-16(2)34)18-8-10-19(11-9-18)30-25(17-6-4-3-5-7-17)23-21-14-20(33(36)37)12-13-22(21)31-26(23)35/h3-14,23H,1-2H3,(H,31,35)(H2,28,29,32,34). The van der Waals surface area contributed by atoms with Gasteiger partial charge in [0.15, 0.2) is 0 Å². The number of imidazole rings is 1. The van der Waals surface area contributed by atoms with Gasteiger partial charge in [-0.1, -0.05) is 42.5 Å². The van der Waals surface area contributed by atoms with E-state index in [0.717, 1.165) is 16.8 Å². The SMILES string of the molecule is CC(=O)Nc1nc(-c2ccc(N=C(c3ccccc3)C3C(=O)Nc4ccc([N+](=O)[O-])cc43)cc2)c(C)[nH]1. The number of H-pyrrole nitrogens is 1. The topological polar surface area (TPSA) is 142 Å². The molecule has 4 aromatic rings. The molecule has 3 aromatic carbocycles. The summed E-state index contributed by atoms with van der Waals surface area (Å²) in [5, 5.41) is 16.8. The number of hydrogen-bond donors (Lipinski definition) is 3. The van der Waals surface area contributed by atoms with Crippen molar-refractivity contribution in [3.8, 4) is 11.3 Å². The summed E-state index contributed by atoms with van der Waals surface area (Å²) in [7, 11) is 0. The van der Waals surface area contributed by atoms with Crippen molar-refractivity contribution in [3.63, 3.8) is 0 Å². The van der Waals surface area contributed by atoms with Gasteiger partial charge in [-0.25, -0.2) is 4.98 Å². The smallest absolute Gasteiger partial charge is 0.269 e. The van der Waals surface area contributed by atoms with E-state index in [1.165, 1.54) is 19.1 Å². The third-order valence-corrected chi connectivity index (χ3v) is 5.99. The summed E-state index contributed by atoms with van der Waals surface area (Å²) >= 11 is 0. The molecule has 0 fully saturated rings. The first-order valence-corrected chi connectivity index (χ1v) is 11.5. The molecule has 2 amide bonds. The quantitative estimate of drug-likeness (QED) is 0.194. The minimum atomic E-state index is -0.814. The van der Waals surface area contributed by atoms with Crippen LogP contribution in [0.25, 0.3) is 11.3 Å². The number of nitrogens with zero attached hydrogens (tertiary/aromatic N) is 3. The molecule has 2 heterocycles. The molecule has 0 aliphatic carbocycles. The van der Waals surface area contributed by atoms with Gasteiger partial charge in [0.25, 0.3) is 5.69 Å². The fourth-order valence-electron chi connectivity index (χ4n) is 4.34. The van der Waals surface area contributed by atoms with Crippen LogP contribution in [0, 0.1) is 17.0 Å². The average molecular weight is 495 g/mol. The number of benzene rings is 3. The van der Waals surface area contributed by atoms with E-state index in [0.29, 0.717) is 34.3 Å². The van der Waals surface area contributed by atoms with E-state index in [1.54, 1.807) is 6.07 Å². The molecule has 0 spiro atoms.